The predicted molar refractivity (Wildman–Crippen MR) is 107 cm³/mol. The zero-order valence-corrected chi connectivity index (χ0v) is 16.5. The second-order valence-corrected chi connectivity index (χ2v) is 6.54. The van der Waals surface area contributed by atoms with Crippen molar-refractivity contribution in [2.45, 2.75) is 26.7 Å². The molecule has 0 spiro atoms. The molecule has 30 heavy (non-hydrogen) atoms. The summed E-state index contributed by atoms with van der Waals surface area (Å²) in [5, 5.41) is 65.7. The number of hydrogen-bond donors (Lipinski definition) is 8. The molecule has 0 bridgehead atoms. The Labute approximate surface area is 172 Å². The van der Waals surface area contributed by atoms with Gasteiger partial charge in [-0.2, -0.15) is 0 Å². The van der Waals surface area contributed by atoms with Crippen LogP contribution in [0.5, 0.6) is 34.5 Å². The normalized spacial score (nSPS) is 10.6. The monoisotopic (exact) mass is 420 g/mol. The van der Waals surface area contributed by atoms with Crippen LogP contribution in [0.25, 0.3) is 11.1 Å². The molecule has 2 amide bonds. The van der Waals surface area contributed by atoms with Crippen LogP contribution in [0.15, 0.2) is 12.1 Å². The SMILES string of the molecule is CCCNC(=O)c1cc(O)c(O)c(O)c1-c1c(C(=O)NCCC)cc(O)c(O)c1O. The van der Waals surface area contributed by atoms with Crippen LogP contribution in [0, 0.1) is 0 Å². The predicted octanol–water partition coefficient (Wildman–Crippen LogP) is 1.87. The van der Waals surface area contributed by atoms with Crippen LogP contribution in [-0.2, 0) is 0 Å². The zero-order valence-electron chi connectivity index (χ0n) is 16.5. The molecule has 0 saturated heterocycles. The summed E-state index contributed by atoms with van der Waals surface area (Å²) in [6.45, 7) is 4.09. The highest BCUT2D eigenvalue weighted by atomic mass is 16.3. The van der Waals surface area contributed by atoms with E-state index in [2.05, 4.69) is 10.6 Å². The summed E-state index contributed by atoms with van der Waals surface area (Å²) in [7, 11) is 0. The average Bonchev–Trinajstić information content (AvgIpc) is 2.72. The Balaban J connectivity index is 2.88. The van der Waals surface area contributed by atoms with Crippen molar-refractivity contribution in [2.75, 3.05) is 13.1 Å². The van der Waals surface area contributed by atoms with Gasteiger partial charge >= 0.3 is 0 Å². The quantitative estimate of drug-likeness (QED) is 0.313. The van der Waals surface area contributed by atoms with E-state index in [1.54, 1.807) is 13.8 Å². The van der Waals surface area contributed by atoms with Crippen LogP contribution in [0.2, 0.25) is 0 Å². The van der Waals surface area contributed by atoms with E-state index in [9.17, 15) is 40.2 Å². The van der Waals surface area contributed by atoms with Gasteiger partial charge in [0.2, 0.25) is 11.5 Å². The first-order valence-corrected chi connectivity index (χ1v) is 9.28. The summed E-state index contributed by atoms with van der Waals surface area (Å²) in [5.41, 5.74) is -1.76. The van der Waals surface area contributed by atoms with Gasteiger partial charge in [0.1, 0.15) is 0 Å². The number of aromatic hydroxyl groups is 6. The van der Waals surface area contributed by atoms with E-state index in [0.717, 1.165) is 12.1 Å². The van der Waals surface area contributed by atoms with E-state index < -0.39 is 57.4 Å². The highest BCUT2D eigenvalue weighted by Crippen LogP contribution is 2.52. The summed E-state index contributed by atoms with van der Waals surface area (Å²) < 4.78 is 0. The van der Waals surface area contributed by atoms with E-state index in [0.29, 0.717) is 12.8 Å². The summed E-state index contributed by atoms with van der Waals surface area (Å²) >= 11 is 0. The third kappa shape index (κ3) is 4.12. The summed E-state index contributed by atoms with van der Waals surface area (Å²) in [4.78, 5) is 25.2. The van der Waals surface area contributed by atoms with Gasteiger partial charge in [-0.25, -0.2) is 0 Å². The number of phenolic OH excluding ortho intramolecular Hbond substituents is 6. The lowest BCUT2D eigenvalue weighted by Crippen LogP contribution is -2.26. The van der Waals surface area contributed by atoms with Crippen LogP contribution in [-0.4, -0.2) is 55.5 Å². The number of carbonyl (C=O) groups excluding carboxylic acids is 2. The average molecular weight is 420 g/mol. The van der Waals surface area contributed by atoms with Gasteiger partial charge in [0.25, 0.3) is 11.8 Å². The van der Waals surface area contributed by atoms with E-state index >= 15 is 0 Å². The number of rotatable bonds is 7. The number of phenols is 6. The number of amides is 2. The Hall–Kier alpha value is -3.82. The number of nitrogens with one attached hydrogen (secondary N) is 2. The van der Waals surface area contributed by atoms with Crippen LogP contribution >= 0.6 is 0 Å². The maximum atomic E-state index is 12.6. The Morgan fingerprint density at radius 3 is 1.30 bits per heavy atom. The van der Waals surface area contributed by atoms with E-state index in [1.165, 1.54) is 0 Å². The van der Waals surface area contributed by atoms with Gasteiger partial charge in [-0.15, -0.1) is 0 Å². The Morgan fingerprint density at radius 2 is 1.00 bits per heavy atom. The van der Waals surface area contributed by atoms with Crippen molar-refractivity contribution < 1.29 is 40.2 Å². The lowest BCUT2D eigenvalue weighted by atomic mass is 9.91. The molecule has 2 aromatic rings. The molecule has 0 saturated carbocycles. The van der Waals surface area contributed by atoms with Crippen molar-refractivity contribution in [2.24, 2.45) is 0 Å². The van der Waals surface area contributed by atoms with Gasteiger partial charge in [0.15, 0.2) is 23.0 Å². The molecule has 0 unspecified atom stereocenters. The first-order chi connectivity index (χ1) is 14.1. The Bertz CT molecular complexity index is 908. The fourth-order valence-corrected chi connectivity index (χ4v) is 2.82. The number of carbonyl (C=O) groups is 2. The fourth-order valence-electron chi connectivity index (χ4n) is 2.82. The fraction of sp³-hybridized carbons (Fsp3) is 0.300. The van der Waals surface area contributed by atoms with Gasteiger partial charge in [-0.05, 0) is 25.0 Å². The summed E-state index contributed by atoms with van der Waals surface area (Å²) in [6.07, 6.45) is 1.15. The second-order valence-electron chi connectivity index (χ2n) is 6.54. The second kappa shape index (κ2) is 9.12. The molecule has 0 radical (unpaired) electrons. The van der Waals surface area contributed by atoms with Crippen LogP contribution < -0.4 is 10.6 Å². The van der Waals surface area contributed by atoms with Crippen molar-refractivity contribution in [3.8, 4) is 45.6 Å². The molecule has 10 heteroatoms. The molecule has 2 rings (SSSR count). The molecular weight excluding hydrogens is 396 g/mol. The molecule has 0 aliphatic rings. The van der Waals surface area contributed by atoms with Gasteiger partial charge < -0.3 is 41.3 Å². The lowest BCUT2D eigenvalue weighted by Gasteiger charge is -2.19. The van der Waals surface area contributed by atoms with Gasteiger partial charge in [-0.1, -0.05) is 13.8 Å². The minimum absolute atomic E-state index is 0.247. The van der Waals surface area contributed by atoms with E-state index in [-0.39, 0.29) is 24.2 Å². The third-order valence-corrected chi connectivity index (χ3v) is 4.32. The van der Waals surface area contributed by atoms with Gasteiger partial charge in [0.05, 0.1) is 11.1 Å². The van der Waals surface area contributed by atoms with E-state index in [4.69, 9.17) is 0 Å². The van der Waals surface area contributed by atoms with E-state index in [1.807, 2.05) is 0 Å². The molecule has 2 aromatic carbocycles. The third-order valence-electron chi connectivity index (χ3n) is 4.32. The Kier molecular flexibility index (Phi) is 6.83. The lowest BCUT2D eigenvalue weighted by molar-refractivity contribution is 0.0943. The van der Waals surface area contributed by atoms with Crippen molar-refractivity contribution in [1.29, 1.82) is 0 Å². The van der Waals surface area contributed by atoms with Crippen molar-refractivity contribution in [1.82, 2.24) is 10.6 Å². The minimum Gasteiger partial charge on any atom is -0.504 e. The van der Waals surface area contributed by atoms with Crippen LogP contribution in [0.4, 0.5) is 0 Å². The Morgan fingerprint density at radius 1 is 0.667 bits per heavy atom. The smallest absolute Gasteiger partial charge is 0.252 e. The molecule has 0 heterocycles. The number of hydrogen-bond acceptors (Lipinski definition) is 8. The van der Waals surface area contributed by atoms with Crippen molar-refractivity contribution in [3.05, 3.63) is 23.3 Å². The highest BCUT2D eigenvalue weighted by Gasteiger charge is 2.30. The minimum atomic E-state index is -0.999. The molecule has 0 fully saturated rings. The summed E-state index contributed by atoms with van der Waals surface area (Å²) in [6, 6.07) is 1.71. The summed E-state index contributed by atoms with van der Waals surface area (Å²) in [5.74, 6) is -7.15. The highest BCUT2D eigenvalue weighted by molar-refractivity contribution is 6.10. The maximum Gasteiger partial charge on any atom is 0.252 e. The molecule has 0 atom stereocenters. The molecule has 0 aromatic heterocycles. The number of benzene rings is 2. The van der Waals surface area contributed by atoms with Crippen LogP contribution in [0.1, 0.15) is 47.4 Å². The molecule has 0 aliphatic carbocycles. The molecule has 0 aliphatic heterocycles. The molecule has 10 nitrogen and oxygen atoms in total. The van der Waals surface area contributed by atoms with Crippen molar-refractivity contribution >= 4 is 11.8 Å². The van der Waals surface area contributed by atoms with Gasteiger partial charge in [0, 0.05) is 24.2 Å². The standard InChI is InChI=1S/C20H24N2O8/c1-3-5-21-19(29)9-7-11(23)15(25)17(27)13(9)14-10(20(30)22-6-4-2)8-12(24)16(26)18(14)28/h7-8,23-28H,3-6H2,1-2H3,(H,21,29)(H,22,30). The molecule has 8 N–H and O–H groups in total. The first-order valence-electron chi connectivity index (χ1n) is 9.28. The molecular formula is C20H24N2O8. The molecule has 162 valence electrons. The first kappa shape index (κ1) is 22.5. The van der Waals surface area contributed by atoms with Crippen molar-refractivity contribution in [3.63, 3.8) is 0 Å². The largest absolute Gasteiger partial charge is 0.504 e. The van der Waals surface area contributed by atoms with Crippen LogP contribution in [0.3, 0.4) is 0 Å². The topological polar surface area (TPSA) is 180 Å². The maximum absolute atomic E-state index is 12.6. The zero-order chi connectivity index (χ0) is 22.6. The van der Waals surface area contributed by atoms with Gasteiger partial charge in [-0.3, -0.25) is 9.59 Å².